The van der Waals surface area contributed by atoms with Gasteiger partial charge in [0.2, 0.25) is 0 Å². The zero-order valence-electron chi connectivity index (χ0n) is 11.7. The largest absolute Gasteiger partial charge is 0.338 e. The molecule has 0 radical (unpaired) electrons. The fraction of sp³-hybridized carbons (Fsp3) is 0.533. The molecule has 1 fully saturated rings. The van der Waals surface area contributed by atoms with Crippen molar-refractivity contribution in [2.75, 3.05) is 26.7 Å². The van der Waals surface area contributed by atoms with Crippen LogP contribution in [0.2, 0.25) is 0 Å². The molecule has 0 aromatic heterocycles. The molecule has 0 aliphatic carbocycles. The van der Waals surface area contributed by atoms with Gasteiger partial charge < -0.3 is 10.2 Å². The predicted molar refractivity (Wildman–Crippen MR) is 81.0 cm³/mol. The summed E-state index contributed by atoms with van der Waals surface area (Å²) in [4.78, 5) is 14.4. The van der Waals surface area contributed by atoms with Crippen LogP contribution in [0, 0.1) is 12.8 Å². The van der Waals surface area contributed by atoms with Crippen molar-refractivity contribution in [3.8, 4) is 0 Å². The van der Waals surface area contributed by atoms with Crippen molar-refractivity contribution in [3.05, 3.63) is 35.4 Å². The Balaban J connectivity index is 0.00000180. The van der Waals surface area contributed by atoms with Crippen LogP contribution in [-0.2, 0) is 0 Å². The molecule has 1 heterocycles. The zero-order chi connectivity index (χ0) is 13.0. The van der Waals surface area contributed by atoms with E-state index in [4.69, 9.17) is 0 Å². The topological polar surface area (TPSA) is 32.3 Å². The third kappa shape index (κ3) is 4.22. The normalized spacial score (nSPS) is 18.8. The van der Waals surface area contributed by atoms with Gasteiger partial charge in [-0.2, -0.15) is 0 Å². The van der Waals surface area contributed by atoms with Crippen LogP contribution in [0.15, 0.2) is 24.3 Å². The van der Waals surface area contributed by atoms with E-state index in [0.717, 1.165) is 37.2 Å². The summed E-state index contributed by atoms with van der Waals surface area (Å²) in [6.07, 6.45) is 2.34. The van der Waals surface area contributed by atoms with Gasteiger partial charge in [0.05, 0.1) is 0 Å². The number of benzene rings is 1. The molecule has 1 aromatic rings. The fourth-order valence-electron chi connectivity index (χ4n) is 2.67. The predicted octanol–water partition coefficient (Wildman–Crippen LogP) is 2.49. The maximum Gasteiger partial charge on any atom is 0.253 e. The van der Waals surface area contributed by atoms with Crippen LogP contribution < -0.4 is 5.32 Å². The number of hydrogen-bond donors (Lipinski definition) is 1. The maximum absolute atomic E-state index is 12.4. The van der Waals surface area contributed by atoms with Crippen LogP contribution in [0.25, 0.3) is 0 Å². The van der Waals surface area contributed by atoms with Crippen LogP contribution in [0.5, 0.6) is 0 Å². The van der Waals surface area contributed by atoms with E-state index in [0.29, 0.717) is 5.92 Å². The average molecular weight is 283 g/mol. The Bertz CT molecular complexity index is 420. The third-order valence-electron chi connectivity index (χ3n) is 3.56. The van der Waals surface area contributed by atoms with Gasteiger partial charge in [-0.05, 0) is 51.4 Å². The summed E-state index contributed by atoms with van der Waals surface area (Å²) < 4.78 is 0. The first-order valence-electron chi connectivity index (χ1n) is 6.71. The van der Waals surface area contributed by atoms with Crippen LogP contribution in [0.1, 0.15) is 28.8 Å². The van der Waals surface area contributed by atoms with Crippen LogP contribution in [0.3, 0.4) is 0 Å². The van der Waals surface area contributed by atoms with E-state index in [1.165, 1.54) is 6.42 Å². The summed E-state index contributed by atoms with van der Waals surface area (Å²) in [7, 11) is 1.97. The first kappa shape index (κ1) is 16.0. The van der Waals surface area contributed by atoms with Crippen molar-refractivity contribution in [2.45, 2.75) is 19.8 Å². The second-order valence-electron chi connectivity index (χ2n) is 5.19. The number of halogens is 1. The fourth-order valence-corrected chi connectivity index (χ4v) is 2.67. The Hall–Kier alpha value is -1.06. The van der Waals surface area contributed by atoms with Crippen LogP contribution in [-0.4, -0.2) is 37.5 Å². The lowest BCUT2D eigenvalue weighted by Crippen LogP contribution is -2.42. The van der Waals surface area contributed by atoms with E-state index >= 15 is 0 Å². The van der Waals surface area contributed by atoms with Crippen LogP contribution in [0.4, 0.5) is 0 Å². The number of aryl methyl sites for hydroxylation is 1. The van der Waals surface area contributed by atoms with Gasteiger partial charge in [-0.3, -0.25) is 4.79 Å². The molecule has 4 heteroatoms. The Morgan fingerprint density at radius 1 is 1.47 bits per heavy atom. The number of amides is 1. The maximum atomic E-state index is 12.4. The molecule has 19 heavy (non-hydrogen) atoms. The molecule has 1 aromatic carbocycles. The number of piperidine rings is 1. The summed E-state index contributed by atoms with van der Waals surface area (Å²) in [5.74, 6) is 0.775. The second kappa shape index (κ2) is 7.51. The van der Waals surface area contributed by atoms with Crippen molar-refractivity contribution < 1.29 is 4.79 Å². The number of likely N-dealkylation sites (tertiary alicyclic amines) is 1. The van der Waals surface area contributed by atoms with Gasteiger partial charge in [0.25, 0.3) is 5.91 Å². The standard InChI is InChI=1S/C15H22N2O.ClH/c1-12-5-3-7-14(9-12)15(18)17-8-4-6-13(11-17)10-16-2;/h3,5,7,9,13,16H,4,6,8,10-11H2,1-2H3;1H. The minimum absolute atomic E-state index is 0. The molecule has 0 saturated carbocycles. The van der Waals surface area contributed by atoms with Gasteiger partial charge in [-0.25, -0.2) is 0 Å². The van der Waals surface area contributed by atoms with Gasteiger partial charge in [0.15, 0.2) is 0 Å². The quantitative estimate of drug-likeness (QED) is 0.924. The molecule has 1 aliphatic heterocycles. The molecule has 1 amide bonds. The minimum atomic E-state index is 0. The lowest BCUT2D eigenvalue weighted by atomic mass is 9.97. The molecule has 1 aliphatic rings. The van der Waals surface area contributed by atoms with E-state index < -0.39 is 0 Å². The minimum Gasteiger partial charge on any atom is -0.338 e. The van der Waals surface area contributed by atoms with Gasteiger partial charge in [0, 0.05) is 18.7 Å². The van der Waals surface area contributed by atoms with Gasteiger partial charge >= 0.3 is 0 Å². The number of nitrogens with one attached hydrogen (secondary N) is 1. The van der Waals surface area contributed by atoms with Crippen LogP contribution >= 0.6 is 12.4 Å². The highest BCUT2D eigenvalue weighted by atomic mass is 35.5. The van der Waals surface area contributed by atoms with Crippen molar-refractivity contribution in [1.82, 2.24) is 10.2 Å². The van der Waals surface area contributed by atoms with Gasteiger partial charge in [-0.1, -0.05) is 17.7 Å². The molecule has 1 unspecified atom stereocenters. The van der Waals surface area contributed by atoms with E-state index in [2.05, 4.69) is 5.32 Å². The second-order valence-corrected chi connectivity index (χ2v) is 5.19. The zero-order valence-corrected chi connectivity index (χ0v) is 12.5. The third-order valence-corrected chi connectivity index (χ3v) is 3.56. The van der Waals surface area contributed by atoms with Gasteiger partial charge in [0.1, 0.15) is 0 Å². The first-order valence-corrected chi connectivity index (χ1v) is 6.71. The molecule has 2 rings (SSSR count). The smallest absolute Gasteiger partial charge is 0.253 e. The summed E-state index contributed by atoms with van der Waals surface area (Å²) in [5.41, 5.74) is 1.96. The lowest BCUT2D eigenvalue weighted by Gasteiger charge is -2.32. The summed E-state index contributed by atoms with van der Waals surface area (Å²) in [6.45, 7) is 4.80. The van der Waals surface area contributed by atoms with Crippen molar-refractivity contribution in [1.29, 1.82) is 0 Å². The molecular weight excluding hydrogens is 260 g/mol. The Labute approximate surface area is 121 Å². The number of nitrogens with zero attached hydrogens (tertiary/aromatic N) is 1. The number of carbonyl (C=O) groups is 1. The lowest BCUT2D eigenvalue weighted by molar-refractivity contribution is 0.0674. The van der Waals surface area contributed by atoms with E-state index in [1.807, 2.05) is 43.1 Å². The molecule has 0 bridgehead atoms. The molecule has 0 spiro atoms. The highest BCUT2D eigenvalue weighted by molar-refractivity contribution is 5.94. The van der Waals surface area contributed by atoms with E-state index in [1.54, 1.807) is 0 Å². The van der Waals surface area contributed by atoms with Gasteiger partial charge in [-0.15, -0.1) is 12.4 Å². The number of carbonyl (C=O) groups excluding carboxylic acids is 1. The Morgan fingerprint density at radius 3 is 2.95 bits per heavy atom. The van der Waals surface area contributed by atoms with E-state index in [9.17, 15) is 4.79 Å². The monoisotopic (exact) mass is 282 g/mol. The van der Waals surface area contributed by atoms with Crippen molar-refractivity contribution >= 4 is 18.3 Å². The summed E-state index contributed by atoms with van der Waals surface area (Å²) in [6, 6.07) is 7.87. The molecule has 1 N–H and O–H groups in total. The van der Waals surface area contributed by atoms with Crippen molar-refractivity contribution in [2.24, 2.45) is 5.92 Å². The van der Waals surface area contributed by atoms with Crippen molar-refractivity contribution in [3.63, 3.8) is 0 Å². The molecule has 1 saturated heterocycles. The summed E-state index contributed by atoms with van der Waals surface area (Å²) >= 11 is 0. The molecule has 3 nitrogen and oxygen atoms in total. The highest BCUT2D eigenvalue weighted by Gasteiger charge is 2.23. The molecule has 106 valence electrons. The summed E-state index contributed by atoms with van der Waals surface area (Å²) in [5, 5.41) is 3.21. The highest BCUT2D eigenvalue weighted by Crippen LogP contribution is 2.18. The number of hydrogen-bond acceptors (Lipinski definition) is 2. The SMILES string of the molecule is CNCC1CCCN(C(=O)c2cccc(C)c2)C1.Cl. The van der Waals surface area contributed by atoms with E-state index in [-0.39, 0.29) is 18.3 Å². The molecular formula is C15H23ClN2O. The molecule has 1 atom stereocenters. The number of rotatable bonds is 3. The Kier molecular flexibility index (Phi) is 6.32. The first-order chi connectivity index (χ1) is 8.70. The average Bonchev–Trinajstić information content (AvgIpc) is 2.39. The Morgan fingerprint density at radius 2 is 2.26 bits per heavy atom.